The number of hydrogen-bond donors (Lipinski definition) is 0. The zero-order chi connectivity index (χ0) is 18.1. The Balaban J connectivity index is 2.30. The lowest BCUT2D eigenvalue weighted by Gasteiger charge is -2.24. The molecule has 0 spiro atoms. The lowest BCUT2D eigenvalue weighted by atomic mass is 9.89. The van der Waals surface area contributed by atoms with Gasteiger partial charge in [0.15, 0.2) is 0 Å². The van der Waals surface area contributed by atoms with Crippen LogP contribution >= 0.6 is 11.6 Å². The summed E-state index contributed by atoms with van der Waals surface area (Å²) in [6, 6.07) is 1.90. The maximum absolute atomic E-state index is 12.3. The van der Waals surface area contributed by atoms with Crippen LogP contribution in [-0.4, -0.2) is 47.7 Å². The zero-order valence-electron chi connectivity index (χ0n) is 14.6. The molecule has 0 N–H and O–H groups in total. The molecule has 2 unspecified atom stereocenters. The van der Waals surface area contributed by atoms with E-state index in [1.54, 1.807) is 27.0 Å². The van der Waals surface area contributed by atoms with Crippen molar-refractivity contribution in [2.45, 2.75) is 39.2 Å². The van der Waals surface area contributed by atoms with Crippen molar-refractivity contribution in [2.24, 2.45) is 5.92 Å². The summed E-state index contributed by atoms with van der Waals surface area (Å²) in [7, 11) is 1.34. The number of esters is 1. The van der Waals surface area contributed by atoms with Crippen LogP contribution in [0.15, 0.2) is 12.3 Å². The van der Waals surface area contributed by atoms with Crippen LogP contribution in [-0.2, 0) is 14.3 Å². The van der Waals surface area contributed by atoms with Gasteiger partial charge in [-0.1, -0.05) is 17.7 Å². The molecule has 0 aromatic carbocycles. The van der Waals surface area contributed by atoms with Crippen molar-refractivity contribution in [1.29, 1.82) is 0 Å². The monoisotopic (exact) mass is 354 g/mol. The Hall–Kier alpha value is -1.82. The Kier molecular flexibility index (Phi) is 5.38. The highest BCUT2D eigenvalue weighted by atomic mass is 35.5. The second kappa shape index (κ2) is 6.97. The van der Waals surface area contributed by atoms with Crippen LogP contribution in [0, 0.1) is 12.8 Å². The molecular formula is C17H23ClN2O4. The van der Waals surface area contributed by atoms with Gasteiger partial charge in [0.25, 0.3) is 0 Å². The van der Waals surface area contributed by atoms with Crippen molar-refractivity contribution in [3.05, 3.63) is 28.5 Å². The van der Waals surface area contributed by atoms with E-state index >= 15 is 0 Å². The van der Waals surface area contributed by atoms with E-state index in [2.05, 4.69) is 4.98 Å². The van der Waals surface area contributed by atoms with Gasteiger partial charge in [-0.2, -0.15) is 0 Å². The van der Waals surface area contributed by atoms with Gasteiger partial charge in [-0.25, -0.2) is 9.78 Å². The highest BCUT2D eigenvalue weighted by molar-refractivity contribution is 6.30. The Morgan fingerprint density at radius 2 is 2.00 bits per heavy atom. The molecule has 1 saturated heterocycles. The topological polar surface area (TPSA) is 68.7 Å². The number of methoxy groups -OCH3 is 1. The SMILES string of the molecule is COC(=O)C1CN(C(=O)OC(C)(C)C)CC1c1cc(C)cnc1Cl. The standard InChI is InChI=1S/C17H23ClN2O4/c1-10-6-11(14(18)19-7-10)12-8-20(9-13(12)15(21)23-5)16(22)24-17(2,3)4/h6-7,12-13H,8-9H2,1-5H3. The summed E-state index contributed by atoms with van der Waals surface area (Å²) in [4.78, 5) is 30.2. The van der Waals surface area contributed by atoms with Crippen LogP contribution in [0.25, 0.3) is 0 Å². The molecule has 2 rings (SSSR count). The molecule has 132 valence electrons. The largest absolute Gasteiger partial charge is 0.469 e. The predicted octanol–water partition coefficient (Wildman–Crippen LogP) is 3.17. The number of carbonyl (C=O) groups excluding carboxylic acids is 2. The number of aryl methyl sites for hydroxylation is 1. The molecule has 1 aromatic heterocycles. The molecule has 7 heteroatoms. The summed E-state index contributed by atoms with van der Waals surface area (Å²) >= 11 is 6.23. The number of likely N-dealkylation sites (tertiary alicyclic amines) is 1. The molecule has 1 fully saturated rings. The minimum absolute atomic E-state index is 0.233. The number of hydrogen-bond acceptors (Lipinski definition) is 5. The molecule has 0 aliphatic carbocycles. The average molecular weight is 355 g/mol. The number of aromatic nitrogens is 1. The Morgan fingerprint density at radius 3 is 2.58 bits per heavy atom. The average Bonchev–Trinajstić information content (AvgIpc) is 2.92. The van der Waals surface area contributed by atoms with Crippen LogP contribution in [0.5, 0.6) is 0 Å². The van der Waals surface area contributed by atoms with Crippen LogP contribution < -0.4 is 0 Å². The first-order valence-electron chi connectivity index (χ1n) is 7.80. The third kappa shape index (κ3) is 4.17. The number of pyridine rings is 1. The molecule has 24 heavy (non-hydrogen) atoms. The zero-order valence-corrected chi connectivity index (χ0v) is 15.4. The third-order valence-electron chi connectivity index (χ3n) is 3.88. The van der Waals surface area contributed by atoms with E-state index in [4.69, 9.17) is 21.1 Å². The number of carbonyl (C=O) groups is 2. The van der Waals surface area contributed by atoms with Crippen LogP contribution in [0.3, 0.4) is 0 Å². The van der Waals surface area contributed by atoms with Gasteiger partial charge in [-0.05, 0) is 38.8 Å². The third-order valence-corrected chi connectivity index (χ3v) is 4.19. The lowest BCUT2D eigenvalue weighted by molar-refractivity contribution is -0.145. The number of halogens is 1. The Morgan fingerprint density at radius 1 is 1.33 bits per heavy atom. The van der Waals surface area contributed by atoms with E-state index in [9.17, 15) is 9.59 Å². The van der Waals surface area contributed by atoms with Gasteiger partial charge in [0, 0.05) is 25.2 Å². The summed E-state index contributed by atoms with van der Waals surface area (Å²) in [6.45, 7) is 7.88. The molecule has 1 aliphatic heterocycles. The van der Waals surface area contributed by atoms with Crippen molar-refractivity contribution < 1.29 is 19.1 Å². The second-order valence-electron chi connectivity index (χ2n) is 7.01. The van der Waals surface area contributed by atoms with Gasteiger partial charge in [-0.3, -0.25) is 4.79 Å². The van der Waals surface area contributed by atoms with Crippen molar-refractivity contribution >= 4 is 23.7 Å². The minimum atomic E-state index is -0.599. The molecule has 1 aliphatic rings. The van der Waals surface area contributed by atoms with Crippen LogP contribution in [0.1, 0.15) is 37.8 Å². The smallest absolute Gasteiger partial charge is 0.410 e. The normalized spacial score (nSPS) is 20.8. The highest BCUT2D eigenvalue weighted by Crippen LogP contribution is 2.37. The second-order valence-corrected chi connectivity index (χ2v) is 7.37. The van der Waals surface area contributed by atoms with E-state index in [1.807, 2.05) is 13.0 Å². The van der Waals surface area contributed by atoms with Crippen LogP contribution in [0.4, 0.5) is 4.79 Å². The fourth-order valence-electron chi connectivity index (χ4n) is 2.82. The molecule has 0 bridgehead atoms. The van der Waals surface area contributed by atoms with Gasteiger partial charge >= 0.3 is 12.1 Å². The van der Waals surface area contributed by atoms with Gasteiger partial charge in [0.2, 0.25) is 0 Å². The summed E-state index contributed by atoms with van der Waals surface area (Å²) in [5.41, 5.74) is 1.09. The fourth-order valence-corrected chi connectivity index (χ4v) is 3.06. The number of rotatable bonds is 2. The van der Waals surface area contributed by atoms with Gasteiger partial charge in [-0.15, -0.1) is 0 Å². The molecule has 0 saturated carbocycles. The Bertz CT molecular complexity index is 642. The lowest BCUT2D eigenvalue weighted by Crippen LogP contribution is -2.36. The maximum Gasteiger partial charge on any atom is 0.410 e. The molecular weight excluding hydrogens is 332 g/mol. The molecule has 2 atom stereocenters. The summed E-state index contributed by atoms with van der Waals surface area (Å²) in [5.74, 6) is -1.14. The van der Waals surface area contributed by atoms with E-state index < -0.39 is 17.6 Å². The number of nitrogens with zero attached hydrogens (tertiary/aromatic N) is 2. The first kappa shape index (κ1) is 18.5. The Labute approximate surface area is 147 Å². The number of amides is 1. The van der Waals surface area contributed by atoms with Crippen molar-refractivity contribution in [3.8, 4) is 0 Å². The molecule has 1 amide bonds. The molecule has 6 nitrogen and oxygen atoms in total. The van der Waals surface area contributed by atoms with E-state index in [1.165, 1.54) is 12.0 Å². The quantitative estimate of drug-likeness (QED) is 0.602. The molecule has 2 heterocycles. The number of ether oxygens (including phenoxy) is 2. The van der Waals surface area contributed by atoms with Crippen molar-refractivity contribution in [1.82, 2.24) is 9.88 Å². The minimum Gasteiger partial charge on any atom is -0.469 e. The molecule has 1 aromatic rings. The maximum atomic E-state index is 12.3. The van der Waals surface area contributed by atoms with Crippen molar-refractivity contribution in [2.75, 3.05) is 20.2 Å². The summed E-state index contributed by atoms with van der Waals surface area (Å²) < 4.78 is 10.3. The van der Waals surface area contributed by atoms with E-state index in [0.29, 0.717) is 11.7 Å². The van der Waals surface area contributed by atoms with Crippen LogP contribution in [0.2, 0.25) is 5.15 Å². The highest BCUT2D eigenvalue weighted by Gasteiger charge is 2.43. The van der Waals surface area contributed by atoms with Crippen molar-refractivity contribution in [3.63, 3.8) is 0 Å². The van der Waals surface area contributed by atoms with E-state index in [-0.39, 0.29) is 18.4 Å². The fraction of sp³-hybridized carbons (Fsp3) is 0.588. The first-order valence-corrected chi connectivity index (χ1v) is 8.18. The van der Waals surface area contributed by atoms with Gasteiger partial charge in [0.1, 0.15) is 10.8 Å². The van der Waals surface area contributed by atoms with Gasteiger partial charge < -0.3 is 14.4 Å². The summed E-state index contributed by atoms with van der Waals surface area (Å²) in [5, 5.41) is 0.338. The molecule has 0 radical (unpaired) electrons. The first-order chi connectivity index (χ1) is 11.1. The summed E-state index contributed by atoms with van der Waals surface area (Å²) in [6.07, 6.45) is 1.22. The van der Waals surface area contributed by atoms with E-state index in [0.717, 1.165) is 11.1 Å². The predicted molar refractivity (Wildman–Crippen MR) is 90.0 cm³/mol. The van der Waals surface area contributed by atoms with Gasteiger partial charge in [0.05, 0.1) is 13.0 Å².